The van der Waals surface area contributed by atoms with E-state index in [1.807, 2.05) is 30.3 Å². The van der Waals surface area contributed by atoms with Crippen molar-refractivity contribution in [3.05, 3.63) is 99.6 Å². The summed E-state index contributed by atoms with van der Waals surface area (Å²) in [5, 5.41) is 3.04. The molecule has 1 amide bonds. The van der Waals surface area contributed by atoms with Gasteiger partial charge >= 0.3 is 0 Å². The highest BCUT2D eigenvalue weighted by Crippen LogP contribution is 2.28. The quantitative estimate of drug-likeness (QED) is 0.462. The first-order chi connectivity index (χ1) is 21.1. The second-order valence-corrected chi connectivity index (χ2v) is 11.1. The van der Waals surface area contributed by atoms with Crippen molar-refractivity contribution in [2.75, 3.05) is 51.3 Å². The van der Waals surface area contributed by atoms with Gasteiger partial charge in [0.2, 0.25) is 0 Å². The van der Waals surface area contributed by atoms with Crippen molar-refractivity contribution >= 4 is 17.4 Å². The van der Waals surface area contributed by atoms with E-state index in [2.05, 4.69) is 21.3 Å². The number of hydrogen-bond acceptors (Lipinski definition) is 5. The predicted molar refractivity (Wildman–Crippen MR) is 157 cm³/mol. The molecule has 0 aliphatic carbocycles. The number of halogens is 2. The van der Waals surface area contributed by atoms with E-state index >= 15 is 0 Å². The van der Waals surface area contributed by atoms with Gasteiger partial charge in [0.1, 0.15) is 17.5 Å². The summed E-state index contributed by atoms with van der Waals surface area (Å²) < 4.78 is 56.2. The Bertz CT molecular complexity index is 1540. The van der Waals surface area contributed by atoms with Crippen LogP contribution in [-0.2, 0) is 24.1 Å². The van der Waals surface area contributed by atoms with Crippen LogP contribution in [0.4, 0.5) is 14.5 Å². The van der Waals surface area contributed by atoms with E-state index in [4.69, 9.17) is 8.85 Å². The third-order valence-electron chi connectivity index (χ3n) is 8.23. The Morgan fingerprint density at radius 2 is 1.78 bits per heavy atom. The van der Waals surface area contributed by atoms with Crippen LogP contribution in [0.2, 0.25) is 0 Å². The van der Waals surface area contributed by atoms with Crippen molar-refractivity contribution in [2.45, 2.75) is 32.2 Å². The first-order valence-electron chi connectivity index (χ1n) is 15.8. The summed E-state index contributed by atoms with van der Waals surface area (Å²) >= 11 is 0. The Balaban J connectivity index is 1.21. The van der Waals surface area contributed by atoms with Crippen LogP contribution in [0.25, 0.3) is 0 Å². The van der Waals surface area contributed by atoms with E-state index in [9.17, 15) is 13.6 Å². The van der Waals surface area contributed by atoms with Gasteiger partial charge in [-0.15, -0.1) is 0 Å². The predicted octanol–water partition coefficient (Wildman–Crippen LogP) is 4.97. The van der Waals surface area contributed by atoms with Gasteiger partial charge in [-0.2, -0.15) is 0 Å². The van der Waals surface area contributed by atoms with Gasteiger partial charge in [0.25, 0.3) is 5.91 Å². The molecule has 0 unspecified atom stereocenters. The maximum Gasteiger partial charge on any atom is 0.257 e. The van der Waals surface area contributed by atoms with Crippen molar-refractivity contribution in [3.8, 4) is 0 Å². The van der Waals surface area contributed by atoms with Gasteiger partial charge in [0, 0.05) is 66.4 Å². The van der Waals surface area contributed by atoms with Gasteiger partial charge in [0.15, 0.2) is 0 Å². The van der Waals surface area contributed by atoms with Crippen LogP contribution in [0, 0.1) is 17.6 Å². The van der Waals surface area contributed by atoms with Crippen LogP contribution >= 0.6 is 0 Å². The smallest absolute Gasteiger partial charge is 0.257 e. The number of rotatable bonds is 6. The van der Waals surface area contributed by atoms with Gasteiger partial charge in [-0.05, 0) is 97.2 Å². The number of carbonyl (C=O) groups is 1. The number of anilines is 1. The minimum absolute atomic E-state index is 0.241. The summed E-state index contributed by atoms with van der Waals surface area (Å²) in [6, 6.07) is 15.2. The van der Waals surface area contributed by atoms with E-state index in [1.165, 1.54) is 17.0 Å². The second-order valence-electron chi connectivity index (χ2n) is 11.1. The molecular formula is C33H36F2N4O2. The minimum Gasteiger partial charge on any atom is -0.381 e. The highest BCUT2D eigenvalue weighted by Gasteiger charge is 2.24. The Morgan fingerprint density at radius 3 is 2.54 bits per heavy atom. The Kier molecular flexibility index (Phi) is 7.08. The van der Waals surface area contributed by atoms with Gasteiger partial charge in [-0.3, -0.25) is 9.79 Å². The molecule has 0 saturated carbocycles. The molecule has 3 aromatic rings. The summed E-state index contributed by atoms with van der Waals surface area (Å²) in [5.74, 6) is -0.584. The van der Waals surface area contributed by atoms with Crippen LogP contribution in [0.15, 0.2) is 59.6 Å². The second kappa shape index (κ2) is 12.1. The normalized spacial score (nSPS) is 19.2. The lowest BCUT2D eigenvalue weighted by Crippen LogP contribution is -2.44. The lowest BCUT2D eigenvalue weighted by Gasteiger charge is -2.34. The summed E-state index contributed by atoms with van der Waals surface area (Å²) in [6.45, 7) is 1.85. The van der Waals surface area contributed by atoms with Crippen LogP contribution in [0.5, 0.6) is 0 Å². The molecule has 3 aliphatic rings. The number of benzene rings is 3. The van der Waals surface area contributed by atoms with Crippen molar-refractivity contribution in [2.24, 2.45) is 10.9 Å². The van der Waals surface area contributed by atoms with Crippen LogP contribution < -0.4 is 10.2 Å². The van der Waals surface area contributed by atoms with Gasteiger partial charge in [-0.25, -0.2) is 8.78 Å². The number of ether oxygens (including phenoxy) is 1. The van der Waals surface area contributed by atoms with Crippen LogP contribution in [0.1, 0.15) is 55.1 Å². The number of carbonyl (C=O) groups excluding carboxylic acids is 1. The fraction of sp³-hybridized carbons (Fsp3) is 0.394. The number of hydrogen-bond donors (Lipinski definition) is 1. The van der Waals surface area contributed by atoms with E-state index in [0.29, 0.717) is 75.2 Å². The van der Waals surface area contributed by atoms with E-state index in [1.54, 1.807) is 0 Å². The van der Waals surface area contributed by atoms with E-state index in [0.717, 1.165) is 53.3 Å². The van der Waals surface area contributed by atoms with Crippen molar-refractivity contribution in [1.82, 2.24) is 10.2 Å². The third-order valence-corrected chi connectivity index (χ3v) is 8.23. The van der Waals surface area contributed by atoms with E-state index in [-0.39, 0.29) is 5.91 Å². The fourth-order valence-corrected chi connectivity index (χ4v) is 5.97. The summed E-state index contributed by atoms with van der Waals surface area (Å²) in [6.07, 6.45) is 2.95. The van der Waals surface area contributed by atoms with Crippen molar-refractivity contribution < 1.29 is 22.4 Å². The van der Waals surface area contributed by atoms with Crippen molar-refractivity contribution in [3.63, 3.8) is 0 Å². The fourth-order valence-electron chi connectivity index (χ4n) is 5.97. The standard InChI is InChI=1S/C33H36F2N4O2/c1-38-8-10-39(11-9-38)29-4-5-30(26(19-29)15-22-6-12-41-13-7-22)33(40)37-32-31-18-23(2-3-25(31)21-36-32)14-24-16-27(34)20-28(35)17-24/h2-5,16-20,22H,6-15,21H2,1H3,(H,36,37,40)/i1D3. The van der Waals surface area contributed by atoms with Crippen LogP contribution in [0.3, 0.4) is 0 Å². The van der Waals surface area contributed by atoms with Gasteiger partial charge in [-0.1, -0.05) is 12.1 Å². The molecule has 0 bridgehead atoms. The molecule has 6 rings (SSSR count). The van der Waals surface area contributed by atoms with E-state index < -0.39 is 18.6 Å². The number of nitrogens with zero attached hydrogens (tertiary/aromatic N) is 3. The number of nitrogens with one attached hydrogen (secondary N) is 1. The van der Waals surface area contributed by atoms with Crippen LogP contribution in [-0.4, -0.2) is 63.0 Å². The zero-order valence-corrected chi connectivity index (χ0v) is 23.0. The molecule has 3 aromatic carbocycles. The third kappa shape index (κ3) is 6.49. The number of piperazine rings is 1. The molecule has 0 radical (unpaired) electrons. The minimum atomic E-state index is -2.10. The molecule has 41 heavy (non-hydrogen) atoms. The molecule has 3 heterocycles. The Hall–Kier alpha value is -3.62. The maximum absolute atomic E-state index is 13.8. The molecule has 8 heteroatoms. The summed E-state index contributed by atoms with van der Waals surface area (Å²) in [4.78, 5) is 22.1. The number of amides is 1. The molecule has 0 atom stereocenters. The molecule has 214 valence electrons. The largest absolute Gasteiger partial charge is 0.381 e. The number of amidine groups is 1. The molecule has 0 aromatic heterocycles. The molecular weight excluding hydrogens is 522 g/mol. The summed E-state index contributed by atoms with van der Waals surface area (Å²) in [5.41, 5.74) is 5.69. The number of likely N-dealkylation sites (N-methyl/N-ethyl adjacent to an activating group) is 1. The van der Waals surface area contributed by atoms with Gasteiger partial charge < -0.3 is 19.9 Å². The topological polar surface area (TPSA) is 57.2 Å². The highest BCUT2D eigenvalue weighted by molar-refractivity contribution is 6.14. The number of aliphatic imine (C=N–C) groups is 1. The zero-order valence-electron chi connectivity index (χ0n) is 26.0. The highest BCUT2D eigenvalue weighted by atomic mass is 19.1. The first-order valence-corrected chi connectivity index (χ1v) is 14.3. The Labute approximate surface area is 244 Å². The maximum atomic E-state index is 13.8. The van der Waals surface area contributed by atoms with Crippen molar-refractivity contribution in [1.29, 1.82) is 0 Å². The zero-order chi connectivity index (χ0) is 30.8. The Morgan fingerprint density at radius 1 is 1.00 bits per heavy atom. The summed E-state index contributed by atoms with van der Waals surface area (Å²) in [7, 11) is 0. The molecule has 0 spiro atoms. The lowest BCUT2D eigenvalue weighted by molar-refractivity contribution is 0.0664. The SMILES string of the molecule is [2H]C([2H])([2H])N1CCN(c2ccc(C(=O)NC3=NCc4ccc(Cc5cc(F)cc(F)c5)cc43)c(CC3CCOCC3)c2)CC1. The number of fused-ring (bicyclic) bond motifs is 1. The first kappa shape index (κ1) is 24.0. The molecule has 1 N–H and O–H groups in total. The molecule has 6 nitrogen and oxygen atoms in total. The molecule has 3 aliphatic heterocycles. The average Bonchev–Trinajstić information content (AvgIpc) is 3.38. The lowest BCUT2D eigenvalue weighted by atomic mass is 9.89. The molecule has 2 saturated heterocycles. The monoisotopic (exact) mass is 561 g/mol. The average molecular weight is 562 g/mol. The molecule has 2 fully saturated rings. The van der Waals surface area contributed by atoms with Gasteiger partial charge in [0.05, 0.1) is 6.54 Å².